The summed E-state index contributed by atoms with van der Waals surface area (Å²) in [5, 5.41) is 2.88. The fourth-order valence-electron chi connectivity index (χ4n) is 1.77. The molecule has 3 N–H and O–H groups in total. The number of hydrogen-bond donors (Lipinski definition) is 2. The number of benzene rings is 1. The molecular formula is C14H23N3OS. The van der Waals surface area contributed by atoms with Gasteiger partial charge in [-0.05, 0) is 39.3 Å². The fourth-order valence-corrected chi connectivity index (χ4v) is 2.49. The van der Waals surface area contributed by atoms with E-state index in [2.05, 4.69) is 23.4 Å². The minimum Gasteiger partial charge on any atom is -0.397 e. The molecule has 0 saturated heterocycles. The molecular weight excluding hydrogens is 258 g/mol. The standard InChI is InChI=1S/C14H23N3OS/c1-10(9-19-4)17(3)11(2)14(18)16-13-8-6-5-7-12(13)15/h5-8,10-11H,9,15H2,1-4H3,(H,16,18). The lowest BCUT2D eigenvalue weighted by Crippen LogP contribution is -2.45. The Morgan fingerprint density at radius 1 is 1.42 bits per heavy atom. The summed E-state index contributed by atoms with van der Waals surface area (Å²) in [6.45, 7) is 4.03. The highest BCUT2D eigenvalue weighted by Crippen LogP contribution is 2.18. The molecule has 5 heteroatoms. The molecule has 106 valence electrons. The number of hydrogen-bond acceptors (Lipinski definition) is 4. The molecule has 1 aromatic carbocycles. The molecule has 0 aliphatic carbocycles. The molecule has 0 heterocycles. The Labute approximate surface area is 119 Å². The van der Waals surface area contributed by atoms with Crippen LogP contribution in [0.3, 0.4) is 0 Å². The largest absolute Gasteiger partial charge is 0.397 e. The minimum atomic E-state index is -0.193. The molecule has 0 aromatic heterocycles. The van der Waals surface area contributed by atoms with Gasteiger partial charge in [0.15, 0.2) is 0 Å². The van der Waals surface area contributed by atoms with Gasteiger partial charge in [0, 0.05) is 11.8 Å². The van der Waals surface area contributed by atoms with Crippen molar-refractivity contribution >= 4 is 29.0 Å². The van der Waals surface area contributed by atoms with Crippen molar-refractivity contribution in [3.63, 3.8) is 0 Å². The van der Waals surface area contributed by atoms with E-state index in [1.807, 2.05) is 32.2 Å². The predicted octanol–water partition coefficient (Wildman–Crippen LogP) is 2.28. The van der Waals surface area contributed by atoms with Crippen LogP contribution in [0.1, 0.15) is 13.8 Å². The second kappa shape index (κ2) is 7.40. The van der Waals surface area contributed by atoms with Gasteiger partial charge in [0.1, 0.15) is 0 Å². The number of likely N-dealkylation sites (N-methyl/N-ethyl adjacent to an activating group) is 1. The lowest BCUT2D eigenvalue weighted by Gasteiger charge is -2.29. The van der Waals surface area contributed by atoms with Gasteiger partial charge in [-0.3, -0.25) is 9.69 Å². The smallest absolute Gasteiger partial charge is 0.241 e. The zero-order valence-corrected chi connectivity index (χ0v) is 12.8. The van der Waals surface area contributed by atoms with Gasteiger partial charge >= 0.3 is 0 Å². The first kappa shape index (κ1) is 15.9. The van der Waals surface area contributed by atoms with E-state index in [1.165, 1.54) is 0 Å². The molecule has 0 bridgehead atoms. The first-order chi connectivity index (χ1) is 8.97. The predicted molar refractivity (Wildman–Crippen MR) is 84.6 cm³/mol. The number of amides is 1. The number of carbonyl (C=O) groups excluding carboxylic acids is 1. The number of nitrogens with zero attached hydrogens (tertiary/aromatic N) is 1. The van der Waals surface area contributed by atoms with E-state index in [-0.39, 0.29) is 11.9 Å². The number of rotatable bonds is 6. The quantitative estimate of drug-likeness (QED) is 0.785. The summed E-state index contributed by atoms with van der Waals surface area (Å²) in [6.07, 6.45) is 2.07. The van der Waals surface area contributed by atoms with E-state index in [0.717, 1.165) is 5.75 Å². The zero-order chi connectivity index (χ0) is 14.4. The van der Waals surface area contributed by atoms with Gasteiger partial charge in [0.25, 0.3) is 0 Å². The summed E-state index contributed by atoms with van der Waals surface area (Å²) in [5.74, 6) is 0.968. The fraction of sp³-hybridized carbons (Fsp3) is 0.500. The molecule has 1 amide bonds. The Bertz CT molecular complexity index is 425. The van der Waals surface area contributed by atoms with E-state index >= 15 is 0 Å². The van der Waals surface area contributed by atoms with E-state index in [4.69, 9.17) is 5.73 Å². The molecule has 0 radical (unpaired) electrons. The maximum absolute atomic E-state index is 12.2. The van der Waals surface area contributed by atoms with Crippen molar-refractivity contribution < 1.29 is 4.79 Å². The van der Waals surface area contributed by atoms with Gasteiger partial charge in [0.2, 0.25) is 5.91 Å². The van der Waals surface area contributed by atoms with Crippen molar-refractivity contribution in [2.75, 3.05) is 30.1 Å². The summed E-state index contributed by atoms with van der Waals surface area (Å²) < 4.78 is 0. The molecule has 4 nitrogen and oxygen atoms in total. The second-order valence-electron chi connectivity index (χ2n) is 4.72. The lowest BCUT2D eigenvalue weighted by molar-refractivity contribution is -0.120. The monoisotopic (exact) mass is 281 g/mol. The van der Waals surface area contributed by atoms with E-state index in [9.17, 15) is 4.79 Å². The van der Waals surface area contributed by atoms with Crippen LogP contribution in [0.2, 0.25) is 0 Å². The molecule has 2 atom stereocenters. The average Bonchev–Trinajstić information content (AvgIpc) is 2.39. The third-order valence-electron chi connectivity index (χ3n) is 3.31. The highest BCUT2D eigenvalue weighted by Gasteiger charge is 2.22. The van der Waals surface area contributed by atoms with Gasteiger partial charge in [0.05, 0.1) is 17.4 Å². The summed E-state index contributed by atoms with van der Waals surface area (Å²) in [4.78, 5) is 14.3. The van der Waals surface area contributed by atoms with Crippen molar-refractivity contribution in [1.82, 2.24) is 4.90 Å². The summed E-state index contributed by atoms with van der Waals surface area (Å²) in [5.41, 5.74) is 7.08. The van der Waals surface area contributed by atoms with Crippen molar-refractivity contribution in [1.29, 1.82) is 0 Å². The number of nitrogens with one attached hydrogen (secondary N) is 1. The summed E-state index contributed by atoms with van der Waals surface area (Å²) >= 11 is 1.78. The van der Waals surface area contributed by atoms with Gasteiger partial charge in [-0.1, -0.05) is 12.1 Å². The number of carbonyl (C=O) groups is 1. The van der Waals surface area contributed by atoms with Crippen LogP contribution in [-0.4, -0.2) is 41.9 Å². The molecule has 1 aromatic rings. The van der Waals surface area contributed by atoms with Crippen LogP contribution in [0.25, 0.3) is 0 Å². The lowest BCUT2D eigenvalue weighted by atomic mass is 10.2. The molecule has 0 aliphatic heterocycles. The number of nitrogens with two attached hydrogens (primary N) is 1. The Hall–Kier alpha value is -1.20. The molecule has 0 aliphatic rings. The first-order valence-electron chi connectivity index (χ1n) is 6.33. The third-order valence-corrected chi connectivity index (χ3v) is 4.13. The SMILES string of the molecule is CSCC(C)N(C)C(C)C(=O)Nc1ccccc1N. The Balaban J connectivity index is 2.65. The van der Waals surface area contributed by atoms with E-state index < -0.39 is 0 Å². The van der Waals surface area contributed by atoms with Crippen LogP contribution in [0.4, 0.5) is 11.4 Å². The number of para-hydroxylation sites is 2. The minimum absolute atomic E-state index is 0.0339. The van der Waals surface area contributed by atoms with Crippen LogP contribution in [0.15, 0.2) is 24.3 Å². The zero-order valence-electron chi connectivity index (χ0n) is 12.0. The van der Waals surface area contributed by atoms with Gasteiger partial charge in [-0.15, -0.1) is 0 Å². The topological polar surface area (TPSA) is 58.4 Å². The first-order valence-corrected chi connectivity index (χ1v) is 7.73. The molecule has 2 unspecified atom stereocenters. The summed E-state index contributed by atoms with van der Waals surface area (Å²) in [6, 6.07) is 7.45. The van der Waals surface area contributed by atoms with Gasteiger partial charge < -0.3 is 11.1 Å². The van der Waals surface area contributed by atoms with Gasteiger partial charge in [-0.2, -0.15) is 11.8 Å². The Kier molecular flexibility index (Phi) is 6.18. The Morgan fingerprint density at radius 2 is 2.05 bits per heavy atom. The third kappa shape index (κ3) is 4.44. The number of nitrogen functional groups attached to an aromatic ring is 1. The molecule has 1 rings (SSSR count). The molecule has 19 heavy (non-hydrogen) atoms. The number of thioether (sulfide) groups is 1. The maximum atomic E-state index is 12.2. The normalized spacial score (nSPS) is 14.2. The highest BCUT2D eigenvalue weighted by atomic mass is 32.2. The maximum Gasteiger partial charge on any atom is 0.241 e. The Morgan fingerprint density at radius 3 is 2.63 bits per heavy atom. The van der Waals surface area contributed by atoms with Crippen LogP contribution in [-0.2, 0) is 4.79 Å². The van der Waals surface area contributed by atoms with Crippen molar-refractivity contribution in [2.24, 2.45) is 0 Å². The van der Waals surface area contributed by atoms with Crippen molar-refractivity contribution in [3.8, 4) is 0 Å². The molecule has 0 saturated carbocycles. The van der Waals surface area contributed by atoms with Crippen molar-refractivity contribution in [2.45, 2.75) is 25.9 Å². The second-order valence-corrected chi connectivity index (χ2v) is 5.63. The van der Waals surface area contributed by atoms with E-state index in [0.29, 0.717) is 17.4 Å². The van der Waals surface area contributed by atoms with Gasteiger partial charge in [-0.25, -0.2) is 0 Å². The van der Waals surface area contributed by atoms with Crippen LogP contribution in [0, 0.1) is 0 Å². The number of anilines is 2. The molecule has 0 fully saturated rings. The molecule has 0 spiro atoms. The van der Waals surface area contributed by atoms with Crippen LogP contribution < -0.4 is 11.1 Å². The highest BCUT2D eigenvalue weighted by molar-refractivity contribution is 7.98. The van der Waals surface area contributed by atoms with Crippen LogP contribution >= 0.6 is 11.8 Å². The van der Waals surface area contributed by atoms with Crippen molar-refractivity contribution in [3.05, 3.63) is 24.3 Å². The summed E-state index contributed by atoms with van der Waals surface area (Å²) in [7, 11) is 1.97. The van der Waals surface area contributed by atoms with E-state index in [1.54, 1.807) is 17.8 Å². The average molecular weight is 281 g/mol. The van der Waals surface area contributed by atoms with Crippen LogP contribution in [0.5, 0.6) is 0 Å².